The minimum Gasteiger partial charge on any atom is -0.346 e. The summed E-state index contributed by atoms with van der Waals surface area (Å²) in [7, 11) is 0. The van der Waals surface area contributed by atoms with Crippen molar-refractivity contribution in [1.29, 1.82) is 0 Å². The van der Waals surface area contributed by atoms with Gasteiger partial charge in [-0.3, -0.25) is 10.1 Å². The van der Waals surface area contributed by atoms with Gasteiger partial charge in [0.05, 0.1) is 6.04 Å². The van der Waals surface area contributed by atoms with Crippen LogP contribution in [0.4, 0.5) is 13.2 Å². The number of carbonyl (C=O) groups excluding carboxylic acids is 1. The lowest BCUT2D eigenvalue weighted by molar-refractivity contribution is -0.139. The molecule has 2 N–H and O–H groups in total. The molecule has 0 spiro atoms. The zero-order valence-corrected chi connectivity index (χ0v) is 12.7. The van der Waals surface area contributed by atoms with Crippen LogP contribution in [-0.2, 0) is 4.79 Å². The van der Waals surface area contributed by atoms with E-state index < -0.39 is 24.7 Å². The van der Waals surface area contributed by atoms with Gasteiger partial charge in [0.1, 0.15) is 6.54 Å². The average molecular weight is 353 g/mol. The Morgan fingerprint density at radius 2 is 2.00 bits per heavy atom. The summed E-state index contributed by atoms with van der Waals surface area (Å²) >= 11 is 3.34. The van der Waals surface area contributed by atoms with Gasteiger partial charge < -0.3 is 5.32 Å². The number of carbonyl (C=O) groups is 1. The fourth-order valence-electron chi connectivity index (χ4n) is 1.66. The predicted octanol–water partition coefficient (Wildman–Crippen LogP) is 3.17. The van der Waals surface area contributed by atoms with E-state index in [0.29, 0.717) is 0 Å². The molecule has 0 bridgehead atoms. The van der Waals surface area contributed by atoms with Gasteiger partial charge in [-0.05, 0) is 31.5 Å². The Morgan fingerprint density at radius 1 is 1.35 bits per heavy atom. The third kappa shape index (κ3) is 5.92. The second kappa shape index (κ2) is 7.08. The van der Waals surface area contributed by atoms with Crippen LogP contribution >= 0.6 is 15.9 Å². The van der Waals surface area contributed by atoms with Crippen molar-refractivity contribution in [1.82, 2.24) is 10.6 Å². The number of amides is 1. The first-order valence-electron chi connectivity index (χ1n) is 6.05. The molecule has 2 atom stereocenters. The third-order valence-corrected chi connectivity index (χ3v) is 3.20. The van der Waals surface area contributed by atoms with E-state index in [1.54, 1.807) is 0 Å². The highest BCUT2D eigenvalue weighted by Gasteiger charge is 2.28. The molecular weight excluding hydrogens is 337 g/mol. The normalized spacial score (nSPS) is 14.7. The van der Waals surface area contributed by atoms with Crippen molar-refractivity contribution in [2.75, 3.05) is 6.54 Å². The first-order valence-corrected chi connectivity index (χ1v) is 6.84. The summed E-state index contributed by atoms with van der Waals surface area (Å²) < 4.78 is 36.9. The predicted molar refractivity (Wildman–Crippen MR) is 74.2 cm³/mol. The lowest BCUT2D eigenvalue weighted by Gasteiger charge is -2.20. The molecule has 1 rings (SSSR count). The highest BCUT2D eigenvalue weighted by molar-refractivity contribution is 9.10. The van der Waals surface area contributed by atoms with Gasteiger partial charge in [0.25, 0.3) is 0 Å². The quantitative estimate of drug-likeness (QED) is 0.854. The van der Waals surface area contributed by atoms with Gasteiger partial charge in [0.15, 0.2) is 0 Å². The third-order valence-electron chi connectivity index (χ3n) is 2.71. The van der Waals surface area contributed by atoms with Crippen molar-refractivity contribution in [3.8, 4) is 0 Å². The van der Waals surface area contributed by atoms with E-state index in [-0.39, 0.29) is 6.04 Å². The molecule has 112 valence electrons. The highest BCUT2D eigenvalue weighted by atomic mass is 79.9. The SMILES string of the molecule is CC(N[C@@H](C)c1cccc(Br)c1)C(=O)NCC(F)(F)F. The topological polar surface area (TPSA) is 41.1 Å². The molecule has 0 fully saturated rings. The molecule has 1 amide bonds. The maximum atomic E-state index is 12.0. The molecule has 7 heteroatoms. The molecule has 1 aromatic carbocycles. The van der Waals surface area contributed by atoms with E-state index in [1.807, 2.05) is 36.5 Å². The van der Waals surface area contributed by atoms with Crippen LogP contribution in [0.25, 0.3) is 0 Å². The number of alkyl halides is 3. The summed E-state index contributed by atoms with van der Waals surface area (Å²) in [5.74, 6) is -0.677. The average Bonchev–Trinajstić information content (AvgIpc) is 2.34. The molecule has 1 aromatic rings. The van der Waals surface area contributed by atoms with Gasteiger partial charge in [0.2, 0.25) is 5.91 Å². The molecule has 20 heavy (non-hydrogen) atoms. The van der Waals surface area contributed by atoms with Crippen molar-refractivity contribution in [2.45, 2.75) is 32.1 Å². The van der Waals surface area contributed by atoms with Crippen molar-refractivity contribution in [3.63, 3.8) is 0 Å². The van der Waals surface area contributed by atoms with E-state index in [4.69, 9.17) is 0 Å². The number of rotatable bonds is 5. The van der Waals surface area contributed by atoms with Crippen molar-refractivity contribution >= 4 is 21.8 Å². The minimum absolute atomic E-state index is 0.154. The summed E-state index contributed by atoms with van der Waals surface area (Å²) in [6, 6.07) is 6.62. The fraction of sp³-hybridized carbons (Fsp3) is 0.462. The maximum Gasteiger partial charge on any atom is 0.405 e. The van der Waals surface area contributed by atoms with Crippen LogP contribution in [0.5, 0.6) is 0 Å². The lowest BCUT2D eigenvalue weighted by Crippen LogP contribution is -2.45. The van der Waals surface area contributed by atoms with E-state index in [9.17, 15) is 18.0 Å². The molecule has 0 aromatic heterocycles. The number of hydrogen-bond acceptors (Lipinski definition) is 2. The van der Waals surface area contributed by atoms with Gasteiger partial charge in [-0.15, -0.1) is 0 Å². The van der Waals surface area contributed by atoms with Crippen LogP contribution in [0.3, 0.4) is 0 Å². The molecule has 1 unspecified atom stereocenters. The summed E-state index contributed by atoms with van der Waals surface area (Å²) in [4.78, 5) is 11.5. The fourth-order valence-corrected chi connectivity index (χ4v) is 2.08. The van der Waals surface area contributed by atoms with Crippen LogP contribution in [0.1, 0.15) is 25.5 Å². The van der Waals surface area contributed by atoms with Crippen LogP contribution < -0.4 is 10.6 Å². The lowest BCUT2D eigenvalue weighted by atomic mass is 10.1. The number of halogens is 4. The molecule has 3 nitrogen and oxygen atoms in total. The van der Waals surface area contributed by atoms with Crippen molar-refractivity contribution in [3.05, 3.63) is 34.3 Å². The van der Waals surface area contributed by atoms with Crippen molar-refractivity contribution < 1.29 is 18.0 Å². The number of benzene rings is 1. The largest absolute Gasteiger partial charge is 0.405 e. The maximum absolute atomic E-state index is 12.0. The summed E-state index contributed by atoms with van der Waals surface area (Å²) in [5, 5.41) is 4.81. The van der Waals surface area contributed by atoms with Crippen LogP contribution in [0, 0.1) is 0 Å². The Balaban J connectivity index is 2.53. The molecule has 0 saturated carbocycles. The van der Waals surface area contributed by atoms with Gasteiger partial charge >= 0.3 is 6.18 Å². The summed E-state index contributed by atoms with van der Waals surface area (Å²) in [6.45, 7) is 2.05. The van der Waals surface area contributed by atoms with E-state index in [1.165, 1.54) is 6.92 Å². The zero-order valence-electron chi connectivity index (χ0n) is 11.1. The molecule has 0 aliphatic carbocycles. The van der Waals surface area contributed by atoms with Crippen LogP contribution in [0.2, 0.25) is 0 Å². The van der Waals surface area contributed by atoms with Crippen molar-refractivity contribution in [2.24, 2.45) is 0 Å². The monoisotopic (exact) mass is 352 g/mol. The molecule has 0 aliphatic rings. The standard InChI is InChI=1S/C13H16BrF3N2O/c1-8(10-4-3-5-11(14)6-10)19-9(2)12(20)18-7-13(15,16)17/h3-6,8-9,19H,7H2,1-2H3,(H,18,20)/t8-,9?/m0/s1. The second-order valence-corrected chi connectivity index (χ2v) is 5.41. The number of nitrogens with one attached hydrogen (secondary N) is 2. The highest BCUT2D eigenvalue weighted by Crippen LogP contribution is 2.18. The molecule has 0 saturated heterocycles. The first-order chi connectivity index (χ1) is 9.19. The molecule has 0 radical (unpaired) electrons. The van der Waals surface area contributed by atoms with Crippen LogP contribution in [0.15, 0.2) is 28.7 Å². The Morgan fingerprint density at radius 3 is 2.55 bits per heavy atom. The number of hydrogen-bond donors (Lipinski definition) is 2. The summed E-state index contributed by atoms with van der Waals surface area (Å²) in [6.07, 6.45) is -4.40. The Bertz CT molecular complexity index is 465. The summed E-state index contributed by atoms with van der Waals surface area (Å²) in [5.41, 5.74) is 0.940. The van der Waals surface area contributed by atoms with E-state index in [0.717, 1.165) is 10.0 Å². The zero-order chi connectivity index (χ0) is 15.3. The van der Waals surface area contributed by atoms with Gasteiger partial charge in [-0.2, -0.15) is 13.2 Å². The molecule has 0 aliphatic heterocycles. The Labute approximate surface area is 124 Å². The minimum atomic E-state index is -4.40. The van der Waals surface area contributed by atoms with Gasteiger partial charge in [-0.1, -0.05) is 28.1 Å². The van der Waals surface area contributed by atoms with Gasteiger partial charge in [0, 0.05) is 10.5 Å². The van der Waals surface area contributed by atoms with E-state index in [2.05, 4.69) is 21.2 Å². The van der Waals surface area contributed by atoms with Crippen LogP contribution in [-0.4, -0.2) is 24.7 Å². The first kappa shape index (κ1) is 17.0. The second-order valence-electron chi connectivity index (χ2n) is 4.50. The molecule has 0 heterocycles. The molecular formula is C13H16BrF3N2O. The Kier molecular flexibility index (Phi) is 6.01. The smallest absolute Gasteiger partial charge is 0.346 e. The van der Waals surface area contributed by atoms with Gasteiger partial charge in [-0.25, -0.2) is 0 Å². The Hall–Kier alpha value is -1.08. The van der Waals surface area contributed by atoms with E-state index >= 15 is 0 Å².